The Kier molecular flexibility index (Phi) is 6.77. The summed E-state index contributed by atoms with van der Waals surface area (Å²) < 4.78 is 5.30. The third-order valence-corrected chi connectivity index (χ3v) is 4.54. The summed E-state index contributed by atoms with van der Waals surface area (Å²) in [6.07, 6.45) is 1.00. The van der Waals surface area contributed by atoms with Crippen molar-refractivity contribution in [3.05, 3.63) is 4.88 Å². The second-order valence-corrected chi connectivity index (χ2v) is 6.16. The smallest absolute Gasteiger partial charge is 0.263 e. The molecule has 0 saturated heterocycles. The van der Waals surface area contributed by atoms with Gasteiger partial charge < -0.3 is 26.0 Å². The minimum atomic E-state index is -0.191. The molecular formula is C14H26N4O2S. The molecule has 0 aliphatic carbocycles. The molecule has 4 N–H and O–H groups in total. The third-order valence-electron chi connectivity index (χ3n) is 3.39. The summed E-state index contributed by atoms with van der Waals surface area (Å²) in [7, 11) is 5.25. The first kappa shape index (κ1) is 17.6. The molecule has 0 fully saturated rings. The number of carbonyl (C=O) groups is 1. The standard InChI is InChI=1S/C14H26N4O2S/c1-9(2)18(4)8-6-7-17-14-11(20-5)10(15)12(21-14)13(19)16-3/h9,17H,6-8,15H2,1-5H3,(H,16,19). The molecule has 120 valence electrons. The Morgan fingerprint density at radius 3 is 2.67 bits per heavy atom. The predicted octanol–water partition coefficient (Wildman–Crippen LogP) is 1.84. The van der Waals surface area contributed by atoms with Crippen LogP contribution in [0.2, 0.25) is 0 Å². The highest BCUT2D eigenvalue weighted by atomic mass is 32.1. The van der Waals surface area contributed by atoms with Crippen molar-refractivity contribution >= 4 is 27.9 Å². The van der Waals surface area contributed by atoms with Gasteiger partial charge in [-0.25, -0.2) is 0 Å². The van der Waals surface area contributed by atoms with E-state index in [-0.39, 0.29) is 5.91 Å². The van der Waals surface area contributed by atoms with Gasteiger partial charge in [0.15, 0.2) is 5.75 Å². The van der Waals surface area contributed by atoms with Crippen molar-refractivity contribution in [1.29, 1.82) is 0 Å². The lowest BCUT2D eigenvalue weighted by Crippen LogP contribution is -2.28. The quantitative estimate of drug-likeness (QED) is 0.638. The fraction of sp³-hybridized carbons (Fsp3) is 0.643. The Hall–Kier alpha value is -1.47. The van der Waals surface area contributed by atoms with E-state index >= 15 is 0 Å². The molecule has 1 amide bonds. The van der Waals surface area contributed by atoms with Gasteiger partial charge in [0.05, 0.1) is 7.11 Å². The topological polar surface area (TPSA) is 79.6 Å². The van der Waals surface area contributed by atoms with Gasteiger partial charge in [-0.1, -0.05) is 0 Å². The molecule has 1 rings (SSSR count). The van der Waals surface area contributed by atoms with Gasteiger partial charge in [-0.2, -0.15) is 0 Å². The van der Waals surface area contributed by atoms with Crippen LogP contribution < -0.4 is 21.1 Å². The van der Waals surface area contributed by atoms with E-state index in [0.29, 0.717) is 22.4 Å². The van der Waals surface area contributed by atoms with Crippen molar-refractivity contribution < 1.29 is 9.53 Å². The molecule has 0 unspecified atom stereocenters. The van der Waals surface area contributed by atoms with Gasteiger partial charge in [0, 0.05) is 19.6 Å². The van der Waals surface area contributed by atoms with Crippen molar-refractivity contribution in [2.75, 3.05) is 45.3 Å². The van der Waals surface area contributed by atoms with E-state index in [1.54, 1.807) is 14.2 Å². The Labute approximate surface area is 130 Å². The Balaban J connectivity index is 2.64. The predicted molar refractivity (Wildman–Crippen MR) is 89.5 cm³/mol. The zero-order chi connectivity index (χ0) is 16.0. The molecule has 1 aromatic heterocycles. The van der Waals surface area contributed by atoms with Crippen molar-refractivity contribution in [1.82, 2.24) is 10.2 Å². The number of ether oxygens (including phenoxy) is 1. The molecule has 0 saturated carbocycles. The normalized spacial score (nSPS) is 11.0. The first-order valence-corrected chi connectivity index (χ1v) is 7.86. The molecule has 0 spiro atoms. The van der Waals surface area contributed by atoms with Crippen LogP contribution in [0.3, 0.4) is 0 Å². The number of methoxy groups -OCH3 is 1. The Bertz CT molecular complexity index is 474. The number of rotatable bonds is 8. The molecule has 7 heteroatoms. The average molecular weight is 314 g/mol. The number of hydrogen-bond donors (Lipinski definition) is 3. The lowest BCUT2D eigenvalue weighted by Gasteiger charge is -2.20. The fourth-order valence-corrected chi connectivity index (χ4v) is 2.88. The van der Waals surface area contributed by atoms with Gasteiger partial charge in [0.2, 0.25) is 0 Å². The number of thiophene rings is 1. The number of nitrogen functional groups attached to an aromatic ring is 1. The van der Waals surface area contributed by atoms with Crippen LogP contribution in [0.4, 0.5) is 10.7 Å². The van der Waals surface area contributed by atoms with E-state index in [1.807, 2.05) is 0 Å². The Morgan fingerprint density at radius 1 is 1.48 bits per heavy atom. The molecule has 1 aromatic rings. The zero-order valence-corrected chi connectivity index (χ0v) is 14.3. The number of nitrogens with one attached hydrogen (secondary N) is 2. The molecule has 0 aliphatic heterocycles. The minimum Gasteiger partial charge on any atom is -0.492 e. The number of amides is 1. The molecular weight excluding hydrogens is 288 g/mol. The number of nitrogens with two attached hydrogens (primary N) is 1. The van der Waals surface area contributed by atoms with Gasteiger partial charge in [-0.3, -0.25) is 4.79 Å². The van der Waals surface area contributed by atoms with Crippen LogP contribution in [-0.4, -0.2) is 51.1 Å². The van der Waals surface area contributed by atoms with E-state index in [4.69, 9.17) is 10.5 Å². The highest BCUT2D eigenvalue weighted by molar-refractivity contribution is 7.19. The average Bonchev–Trinajstić information content (AvgIpc) is 2.78. The van der Waals surface area contributed by atoms with Gasteiger partial charge in [0.25, 0.3) is 5.91 Å². The van der Waals surface area contributed by atoms with Crippen LogP contribution in [0.25, 0.3) is 0 Å². The minimum absolute atomic E-state index is 0.191. The summed E-state index contributed by atoms with van der Waals surface area (Å²) in [5, 5.41) is 6.69. The lowest BCUT2D eigenvalue weighted by atomic mass is 10.3. The molecule has 0 atom stereocenters. The van der Waals surface area contributed by atoms with E-state index < -0.39 is 0 Å². The lowest BCUT2D eigenvalue weighted by molar-refractivity contribution is 0.0967. The molecule has 1 heterocycles. The van der Waals surface area contributed by atoms with E-state index in [1.165, 1.54) is 11.3 Å². The molecule has 0 radical (unpaired) electrons. The number of nitrogens with zero attached hydrogens (tertiary/aromatic N) is 1. The van der Waals surface area contributed by atoms with Crippen LogP contribution in [-0.2, 0) is 0 Å². The number of carbonyl (C=O) groups excluding carboxylic acids is 1. The third kappa shape index (κ3) is 4.50. The van der Waals surface area contributed by atoms with Crippen LogP contribution in [0.15, 0.2) is 0 Å². The molecule has 6 nitrogen and oxygen atoms in total. The zero-order valence-electron chi connectivity index (χ0n) is 13.4. The van der Waals surface area contributed by atoms with Crippen molar-refractivity contribution in [2.45, 2.75) is 26.3 Å². The molecule has 0 aliphatic rings. The van der Waals surface area contributed by atoms with Crippen molar-refractivity contribution in [3.8, 4) is 5.75 Å². The van der Waals surface area contributed by atoms with Crippen molar-refractivity contribution in [3.63, 3.8) is 0 Å². The second-order valence-electron chi connectivity index (χ2n) is 5.14. The van der Waals surface area contributed by atoms with Gasteiger partial charge >= 0.3 is 0 Å². The maximum atomic E-state index is 11.7. The van der Waals surface area contributed by atoms with E-state index in [0.717, 1.165) is 24.5 Å². The largest absolute Gasteiger partial charge is 0.492 e. The van der Waals surface area contributed by atoms with Crippen LogP contribution in [0.5, 0.6) is 5.75 Å². The SMILES string of the molecule is CNC(=O)c1sc(NCCCN(C)C(C)C)c(OC)c1N. The summed E-state index contributed by atoms with van der Waals surface area (Å²) in [4.78, 5) is 14.5. The highest BCUT2D eigenvalue weighted by Gasteiger charge is 2.20. The Morgan fingerprint density at radius 2 is 2.14 bits per heavy atom. The summed E-state index contributed by atoms with van der Waals surface area (Å²) in [6, 6.07) is 0.539. The summed E-state index contributed by atoms with van der Waals surface area (Å²) in [6.45, 7) is 6.16. The van der Waals surface area contributed by atoms with Gasteiger partial charge in [0.1, 0.15) is 15.6 Å². The second kappa shape index (κ2) is 8.09. The van der Waals surface area contributed by atoms with Crippen molar-refractivity contribution in [2.24, 2.45) is 0 Å². The maximum Gasteiger partial charge on any atom is 0.263 e. The number of hydrogen-bond acceptors (Lipinski definition) is 6. The monoisotopic (exact) mass is 314 g/mol. The van der Waals surface area contributed by atoms with Gasteiger partial charge in [-0.15, -0.1) is 11.3 Å². The summed E-state index contributed by atoms with van der Waals surface area (Å²) in [5.41, 5.74) is 6.35. The fourth-order valence-electron chi connectivity index (χ4n) is 1.82. The number of anilines is 2. The molecule has 0 bridgehead atoms. The summed E-state index contributed by atoms with van der Waals surface area (Å²) in [5.74, 6) is 0.360. The molecule has 21 heavy (non-hydrogen) atoms. The molecule has 0 aromatic carbocycles. The highest BCUT2D eigenvalue weighted by Crippen LogP contribution is 2.42. The van der Waals surface area contributed by atoms with Gasteiger partial charge in [-0.05, 0) is 33.9 Å². The van der Waals surface area contributed by atoms with Crippen LogP contribution >= 0.6 is 11.3 Å². The maximum absolute atomic E-state index is 11.7. The first-order chi connectivity index (χ1) is 9.92. The van der Waals surface area contributed by atoms with Crippen LogP contribution in [0, 0.1) is 0 Å². The van der Waals surface area contributed by atoms with E-state index in [2.05, 4.69) is 36.4 Å². The summed E-state index contributed by atoms with van der Waals surface area (Å²) >= 11 is 1.32. The van der Waals surface area contributed by atoms with E-state index in [9.17, 15) is 4.79 Å². The van der Waals surface area contributed by atoms with Crippen LogP contribution in [0.1, 0.15) is 29.9 Å². The first-order valence-electron chi connectivity index (χ1n) is 7.04.